The number of urea groups is 1. The molecule has 1 N–H and O–H groups in total. The monoisotopic (exact) mass is 263 g/mol. The molecule has 0 aromatic heterocycles. The van der Waals surface area contributed by atoms with Crippen molar-refractivity contribution in [3.63, 3.8) is 0 Å². The molecule has 1 aliphatic heterocycles. The molecular weight excluding hydrogens is 246 g/mol. The lowest BCUT2D eigenvalue weighted by molar-refractivity contribution is -0.130. The first kappa shape index (κ1) is 13.2. The molecule has 6 heteroatoms. The zero-order valence-electron chi connectivity index (χ0n) is 11.2. The lowest BCUT2D eigenvalue weighted by Gasteiger charge is -2.37. The van der Waals surface area contributed by atoms with Crippen molar-refractivity contribution in [2.45, 2.75) is 12.6 Å². The third kappa shape index (κ3) is 2.62. The van der Waals surface area contributed by atoms with Crippen LogP contribution in [0.25, 0.3) is 0 Å². The van der Waals surface area contributed by atoms with Crippen LogP contribution in [0.3, 0.4) is 0 Å². The molecule has 1 saturated heterocycles. The smallest absolute Gasteiger partial charge is 0.327 e. The highest BCUT2D eigenvalue weighted by molar-refractivity contribution is 5.97. The Morgan fingerprint density at radius 3 is 2.42 bits per heavy atom. The normalized spacial score (nSPS) is 19.6. The Morgan fingerprint density at radius 2 is 1.84 bits per heavy atom. The highest BCUT2D eigenvalue weighted by atomic mass is 16.5. The van der Waals surface area contributed by atoms with E-state index in [1.807, 2.05) is 24.3 Å². The fraction of sp³-hybridized carbons (Fsp3) is 0.385. The molecule has 0 spiro atoms. The first-order valence-corrected chi connectivity index (χ1v) is 5.97. The van der Waals surface area contributed by atoms with Crippen LogP contribution in [0.1, 0.15) is 6.42 Å². The van der Waals surface area contributed by atoms with E-state index in [0.717, 1.165) is 16.3 Å². The molecule has 0 bridgehead atoms. The third-order valence-corrected chi connectivity index (χ3v) is 3.22. The van der Waals surface area contributed by atoms with Gasteiger partial charge in [-0.2, -0.15) is 0 Å². The molecule has 0 saturated carbocycles. The van der Waals surface area contributed by atoms with Gasteiger partial charge in [-0.05, 0) is 24.3 Å². The van der Waals surface area contributed by atoms with E-state index < -0.39 is 0 Å². The van der Waals surface area contributed by atoms with E-state index in [1.54, 1.807) is 14.2 Å². The maximum Gasteiger partial charge on any atom is 0.327 e. The van der Waals surface area contributed by atoms with Crippen molar-refractivity contribution in [2.75, 3.05) is 26.5 Å². The Balaban J connectivity index is 2.09. The Labute approximate surface area is 111 Å². The molecule has 6 nitrogen and oxygen atoms in total. The first-order valence-electron chi connectivity index (χ1n) is 5.97. The number of carbonyl (C=O) groups excluding carboxylic acids is 2. The van der Waals surface area contributed by atoms with Gasteiger partial charge in [0, 0.05) is 19.8 Å². The summed E-state index contributed by atoms with van der Waals surface area (Å²) in [4.78, 5) is 26.1. The molecule has 1 aromatic carbocycles. The molecule has 1 unspecified atom stereocenters. The van der Waals surface area contributed by atoms with Crippen LogP contribution in [0.2, 0.25) is 0 Å². The summed E-state index contributed by atoms with van der Waals surface area (Å²) in [5.41, 5.74) is 0.836. The van der Waals surface area contributed by atoms with E-state index in [1.165, 1.54) is 11.9 Å². The van der Waals surface area contributed by atoms with Gasteiger partial charge in [-0.15, -0.1) is 0 Å². The summed E-state index contributed by atoms with van der Waals surface area (Å²) in [5.74, 6) is 0.573. The van der Waals surface area contributed by atoms with Gasteiger partial charge >= 0.3 is 6.03 Å². The number of anilines is 1. The summed E-state index contributed by atoms with van der Waals surface area (Å²) in [7, 11) is 4.77. The number of methoxy groups -OCH3 is 1. The molecule has 102 valence electrons. The number of hydrogen-bond donors (Lipinski definition) is 1. The summed E-state index contributed by atoms with van der Waals surface area (Å²) < 4.78 is 5.08. The molecule has 1 heterocycles. The van der Waals surface area contributed by atoms with Crippen LogP contribution in [-0.2, 0) is 4.79 Å². The van der Waals surface area contributed by atoms with Crippen molar-refractivity contribution in [1.82, 2.24) is 9.80 Å². The van der Waals surface area contributed by atoms with E-state index >= 15 is 0 Å². The van der Waals surface area contributed by atoms with Gasteiger partial charge in [0.1, 0.15) is 11.9 Å². The minimum absolute atomic E-state index is 0.186. The fourth-order valence-electron chi connectivity index (χ4n) is 1.94. The molecule has 1 atom stereocenters. The lowest BCUT2D eigenvalue weighted by atomic mass is 10.2. The molecule has 1 fully saturated rings. The summed E-state index contributed by atoms with van der Waals surface area (Å²) >= 11 is 0. The molecule has 3 amide bonds. The Hall–Kier alpha value is -2.24. The molecule has 0 radical (unpaired) electrons. The van der Waals surface area contributed by atoms with Crippen molar-refractivity contribution >= 4 is 17.6 Å². The van der Waals surface area contributed by atoms with E-state index in [0.29, 0.717) is 0 Å². The number of nitrogens with one attached hydrogen (secondary N) is 1. The summed E-state index contributed by atoms with van der Waals surface area (Å²) in [6.45, 7) is 0. The van der Waals surface area contributed by atoms with E-state index in [9.17, 15) is 9.59 Å². The van der Waals surface area contributed by atoms with Gasteiger partial charge in [0.25, 0.3) is 0 Å². The van der Waals surface area contributed by atoms with Crippen LogP contribution >= 0.6 is 0 Å². The van der Waals surface area contributed by atoms with Gasteiger partial charge in [-0.3, -0.25) is 9.69 Å². The zero-order chi connectivity index (χ0) is 14.0. The topological polar surface area (TPSA) is 61.9 Å². The van der Waals surface area contributed by atoms with Crippen molar-refractivity contribution in [2.24, 2.45) is 0 Å². The van der Waals surface area contributed by atoms with Gasteiger partial charge in [-0.1, -0.05) is 0 Å². The van der Waals surface area contributed by atoms with Crippen molar-refractivity contribution in [3.05, 3.63) is 24.3 Å². The Kier molecular flexibility index (Phi) is 3.59. The minimum atomic E-state index is -0.329. The van der Waals surface area contributed by atoms with Gasteiger partial charge in [0.2, 0.25) is 5.91 Å². The van der Waals surface area contributed by atoms with Gasteiger partial charge in [0.05, 0.1) is 13.5 Å². The molecule has 19 heavy (non-hydrogen) atoms. The minimum Gasteiger partial charge on any atom is -0.497 e. The van der Waals surface area contributed by atoms with Gasteiger partial charge < -0.3 is 15.0 Å². The van der Waals surface area contributed by atoms with Crippen LogP contribution in [0.5, 0.6) is 5.75 Å². The molecule has 0 aliphatic carbocycles. The summed E-state index contributed by atoms with van der Waals surface area (Å²) in [5, 5.41) is 3.17. The maximum absolute atomic E-state index is 11.8. The highest BCUT2D eigenvalue weighted by Crippen LogP contribution is 2.20. The van der Waals surface area contributed by atoms with Crippen molar-refractivity contribution in [3.8, 4) is 5.75 Å². The summed E-state index contributed by atoms with van der Waals surface area (Å²) in [6, 6.07) is 7.03. The molecule has 2 rings (SSSR count). The van der Waals surface area contributed by atoms with Crippen LogP contribution in [0.4, 0.5) is 10.5 Å². The number of nitrogens with zero attached hydrogens (tertiary/aromatic N) is 2. The molecule has 1 aromatic rings. The largest absolute Gasteiger partial charge is 0.497 e. The van der Waals surface area contributed by atoms with E-state index in [2.05, 4.69) is 5.32 Å². The van der Waals surface area contributed by atoms with Crippen LogP contribution in [0.15, 0.2) is 24.3 Å². The second kappa shape index (κ2) is 5.17. The number of benzene rings is 1. The number of carbonyl (C=O) groups is 2. The number of hydrogen-bond acceptors (Lipinski definition) is 4. The lowest BCUT2D eigenvalue weighted by Crippen LogP contribution is -2.56. The van der Waals surface area contributed by atoms with Crippen molar-refractivity contribution in [1.29, 1.82) is 0 Å². The Bertz CT molecular complexity index is 486. The standard InChI is InChI=1S/C13H17N3O3/c1-15-11(8-12(17)16(2)13(15)18)14-9-4-6-10(19-3)7-5-9/h4-7,11,14H,8H2,1-3H3. The van der Waals surface area contributed by atoms with E-state index in [4.69, 9.17) is 4.74 Å². The third-order valence-electron chi connectivity index (χ3n) is 3.22. The maximum atomic E-state index is 11.8. The average molecular weight is 263 g/mol. The number of rotatable bonds is 3. The second-order valence-corrected chi connectivity index (χ2v) is 4.44. The van der Waals surface area contributed by atoms with Crippen LogP contribution in [-0.4, -0.2) is 49.1 Å². The predicted molar refractivity (Wildman–Crippen MR) is 71.0 cm³/mol. The van der Waals surface area contributed by atoms with Crippen LogP contribution < -0.4 is 10.1 Å². The fourth-order valence-corrected chi connectivity index (χ4v) is 1.94. The van der Waals surface area contributed by atoms with Gasteiger partial charge in [0.15, 0.2) is 0 Å². The quantitative estimate of drug-likeness (QED) is 0.894. The number of imide groups is 1. The van der Waals surface area contributed by atoms with Crippen LogP contribution in [0, 0.1) is 0 Å². The molecule has 1 aliphatic rings. The van der Waals surface area contributed by atoms with Crippen molar-refractivity contribution < 1.29 is 14.3 Å². The average Bonchev–Trinajstić information content (AvgIpc) is 2.43. The second-order valence-electron chi connectivity index (χ2n) is 4.44. The summed E-state index contributed by atoms with van der Waals surface area (Å²) in [6.07, 6.45) is -0.0743. The predicted octanol–water partition coefficient (Wildman–Crippen LogP) is 1.35. The highest BCUT2D eigenvalue weighted by Gasteiger charge is 2.34. The zero-order valence-corrected chi connectivity index (χ0v) is 11.2. The molecular formula is C13H17N3O3. The Morgan fingerprint density at radius 1 is 1.21 bits per heavy atom. The first-order chi connectivity index (χ1) is 9.02. The van der Waals surface area contributed by atoms with Gasteiger partial charge in [-0.25, -0.2) is 4.79 Å². The number of ether oxygens (including phenoxy) is 1. The van der Waals surface area contributed by atoms with E-state index in [-0.39, 0.29) is 24.5 Å². The number of amides is 3. The SMILES string of the molecule is COc1ccc(NC2CC(=O)N(C)C(=O)N2C)cc1.